The molecule has 0 bridgehead atoms. The first kappa shape index (κ1) is 15.4. The van der Waals surface area contributed by atoms with Crippen LogP contribution in [-0.4, -0.2) is 12.2 Å². The molecular formula is C15H15Br2NO2. The maximum atomic E-state index is 9.76. The van der Waals surface area contributed by atoms with Crippen LogP contribution in [-0.2, 0) is 13.1 Å². The molecule has 0 radical (unpaired) electrons. The molecule has 0 aliphatic carbocycles. The normalized spacial score (nSPS) is 10.6. The van der Waals surface area contributed by atoms with Gasteiger partial charge in [-0.15, -0.1) is 0 Å². The fourth-order valence-electron chi connectivity index (χ4n) is 1.88. The van der Waals surface area contributed by atoms with Crippen molar-refractivity contribution in [1.82, 2.24) is 5.32 Å². The van der Waals surface area contributed by atoms with Crippen LogP contribution in [0.3, 0.4) is 0 Å². The first-order valence-electron chi connectivity index (χ1n) is 6.10. The topological polar surface area (TPSA) is 41.5 Å². The summed E-state index contributed by atoms with van der Waals surface area (Å²) >= 11 is 6.78. The van der Waals surface area contributed by atoms with Crippen molar-refractivity contribution in [3.63, 3.8) is 0 Å². The summed E-state index contributed by atoms with van der Waals surface area (Å²) in [5.74, 6) is 0.599. The third kappa shape index (κ3) is 3.98. The summed E-state index contributed by atoms with van der Waals surface area (Å²) in [7, 11) is 1.54. The largest absolute Gasteiger partial charge is 0.503 e. The summed E-state index contributed by atoms with van der Waals surface area (Å²) in [6.45, 7) is 1.47. The molecule has 106 valence electrons. The second-order valence-electron chi connectivity index (χ2n) is 4.36. The molecule has 0 heterocycles. The summed E-state index contributed by atoms with van der Waals surface area (Å²) in [5.41, 5.74) is 2.26. The van der Waals surface area contributed by atoms with Gasteiger partial charge in [0.25, 0.3) is 0 Å². The summed E-state index contributed by atoms with van der Waals surface area (Å²) in [4.78, 5) is 0. The Bertz CT molecular complexity index is 602. The van der Waals surface area contributed by atoms with Crippen molar-refractivity contribution in [3.8, 4) is 11.5 Å². The van der Waals surface area contributed by atoms with E-state index in [9.17, 15) is 5.11 Å². The van der Waals surface area contributed by atoms with E-state index in [0.717, 1.165) is 16.6 Å². The van der Waals surface area contributed by atoms with Crippen molar-refractivity contribution >= 4 is 31.9 Å². The van der Waals surface area contributed by atoms with Gasteiger partial charge < -0.3 is 15.2 Å². The number of halogens is 2. The molecule has 20 heavy (non-hydrogen) atoms. The summed E-state index contributed by atoms with van der Waals surface area (Å²) < 4.78 is 6.84. The summed E-state index contributed by atoms with van der Waals surface area (Å²) in [6, 6.07) is 11.9. The van der Waals surface area contributed by atoms with E-state index in [-0.39, 0.29) is 5.75 Å². The zero-order valence-electron chi connectivity index (χ0n) is 11.0. The van der Waals surface area contributed by atoms with E-state index in [1.165, 1.54) is 5.56 Å². The average Bonchev–Trinajstić information content (AvgIpc) is 2.42. The van der Waals surface area contributed by atoms with Crippen LogP contribution in [0.15, 0.2) is 45.3 Å². The third-order valence-corrected chi connectivity index (χ3v) is 3.95. The lowest BCUT2D eigenvalue weighted by atomic mass is 10.2. The van der Waals surface area contributed by atoms with Gasteiger partial charge in [-0.25, -0.2) is 0 Å². The van der Waals surface area contributed by atoms with Gasteiger partial charge in [0.1, 0.15) is 0 Å². The maximum Gasteiger partial charge on any atom is 0.172 e. The summed E-state index contributed by atoms with van der Waals surface area (Å²) in [6.07, 6.45) is 0. The van der Waals surface area contributed by atoms with Crippen molar-refractivity contribution < 1.29 is 9.84 Å². The first-order valence-corrected chi connectivity index (χ1v) is 7.69. The number of hydrogen-bond acceptors (Lipinski definition) is 3. The highest BCUT2D eigenvalue weighted by Crippen LogP contribution is 2.35. The molecule has 0 atom stereocenters. The van der Waals surface area contributed by atoms with Gasteiger partial charge in [0, 0.05) is 17.6 Å². The van der Waals surface area contributed by atoms with Crippen molar-refractivity contribution in [2.75, 3.05) is 7.11 Å². The minimum atomic E-state index is 0.128. The molecule has 0 aliphatic heterocycles. The van der Waals surface area contributed by atoms with Gasteiger partial charge in [-0.3, -0.25) is 0 Å². The van der Waals surface area contributed by atoms with Gasteiger partial charge in [-0.1, -0.05) is 28.1 Å². The van der Waals surface area contributed by atoms with E-state index < -0.39 is 0 Å². The SMILES string of the molecule is COc1cc(CNCc2cccc(Br)c2)cc(Br)c1O. The zero-order valence-corrected chi connectivity index (χ0v) is 14.2. The molecule has 0 saturated carbocycles. The smallest absolute Gasteiger partial charge is 0.172 e. The van der Waals surface area contributed by atoms with E-state index in [1.54, 1.807) is 7.11 Å². The van der Waals surface area contributed by atoms with Crippen LogP contribution >= 0.6 is 31.9 Å². The molecule has 0 unspecified atom stereocenters. The Labute approximate surface area is 135 Å². The van der Waals surface area contributed by atoms with Crippen LogP contribution in [0.25, 0.3) is 0 Å². The predicted molar refractivity (Wildman–Crippen MR) is 87.0 cm³/mol. The first-order chi connectivity index (χ1) is 9.60. The van der Waals surface area contributed by atoms with E-state index in [1.807, 2.05) is 24.3 Å². The van der Waals surface area contributed by atoms with Crippen LogP contribution < -0.4 is 10.1 Å². The lowest BCUT2D eigenvalue weighted by Crippen LogP contribution is -2.12. The van der Waals surface area contributed by atoms with E-state index in [0.29, 0.717) is 16.8 Å². The van der Waals surface area contributed by atoms with Crippen LogP contribution in [0.1, 0.15) is 11.1 Å². The quantitative estimate of drug-likeness (QED) is 0.789. The van der Waals surface area contributed by atoms with E-state index in [4.69, 9.17) is 4.74 Å². The Morgan fingerprint density at radius 3 is 2.55 bits per heavy atom. The molecule has 0 aliphatic rings. The number of ether oxygens (including phenoxy) is 1. The fourth-order valence-corrected chi connectivity index (χ4v) is 2.82. The van der Waals surface area contributed by atoms with Gasteiger partial charge in [-0.2, -0.15) is 0 Å². The third-order valence-electron chi connectivity index (χ3n) is 2.86. The van der Waals surface area contributed by atoms with Crippen LogP contribution in [0.5, 0.6) is 11.5 Å². The Kier molecular flexibility index (Phi) is 5.46. The molecule has 0 aromatic heterocycles. The standard InChI is InChI=1S/C15H15Br2NO2/c1-20-14-7-11(6-13(17)15(14)19)9-18-8-10-3-2-4-12(16)5-10/h2-7,18-19H,8-9H2,1H3. The van der Waals surface area contributed by atoms with E-state index in [2.05, 4.69) is 49.3 Å². The number of rotatable bonds is 5. The molecule has 2 rings (SSSR count). The lowest BCUT2D eigenvalue weighted by Gasteiger charge is -2.10. The number of aromatic hydroxyl groups is 1. The zero-order chi connectivity index (χ0) is 14.5. The van der Waals surface area contributed by atoms with Crippen molar-refractivity contribution in [2.24, 2.45) is 0 Å². The number of hydrogen-bond donors (Lipinski definition) is 2. The highest BCUT2D eigenvalue weighted by Gasteiger charge is 2.08. The number of benzene rings is 2. The molecule has 0 fully saturated rings. The molecule has 5 heteroatoms. The van der Waals surface area contributed by atoms with Gasteiger partial charge in [0.2, 0.25) is 0 Å². The minimum absolute atomic E-state index is 0.128. The van der Waals surface area contributed by atoms with Crippen molar-refractivity contribution in [1.29, 1.82) is 0 Å². The molecule has 2 aromatic carbocycles. The van der Waals surface area contributed by atoms with Gasteiger partial charge in [0.05, 0.1) is 11.6 Å². The summed E-state index contributed by atoms with van der Waals surface area (Å²) in [5, 5.41) is 13.1. The molecule has 2 N–H and O–H groups in total. The molecule has 0 saturated heterocycles. The number of methoxy groups -OCH3 is 1. The van der Waals surface area contributed by atoms with Gasteiger partial charge >= 0.3 is 0 Å². The van der Waals surface area contributed by atoms with E-state index >= 15 is 0 Å². The average molecular weight is 401 g/mol. The Morgan fingerprint density at radius 2 is 1.85 bits per heavy atom. The molecular weight excluding hydrogens is 386 g/mol. The number of nitrogens with one attached hydrogen (secondary N) is 1. The second-order valence-corrected chi connectivity index (χ2v) is 6.13. The van der Waals surface area contributed by atoms with Crippen LogP contribution in [0.2, 0.25) is 0 Å². The maximum absolute atomic E-state index is 9.76. The Hall–Kier alpha value is -1.04. The highest BCUT2D eigenvalue weighted by molar-refractivity contribution is 9.10. The van der Waals surface area contributed by atoms with Crippen LogP contribution in [0, 0.1) is 0 Å². The Balaban J connectivity index is 1.99. The van der Waals surface area contributed by atoms with Crippen molar-refractivity contribution in [3.05, 3.63) is 56.5 Å². The van der Waals surface area contributed by atoms with Gasteiger partial charge in [0.15, 0.2) is 11.5 Å². The lowest BCUT2D eigenvalue weighted by molar-refractivity contribution is 0.371. The number of phenols is 1. The highest BCUT2D eigenvalue weighted by atomic mass is 79.9. The second kappa shape index (κ2) is 7.11. The monoisotopic (exact) mass is 399 g/mol. The Morgan fingerprint density at radius 1 is 1.10 bits per heavy atom. The molecule has 3 nitrogen and oxygen atoms in total. The van der Waals surface area contributed by atoms with Gasteiger partial charge in [-0.05, 0) is 51.3 Å². The number of phenolic OH excluding ortho intramolecular Hbond substituents is 1. The van der Waals surface area contributed by atoms with Crippen LogP contribution in [0.4, 0.5) is 0 Å². The molecule has 2 aromatic rings. The minimum Gasteiger partial charge on any atom is -0.503 e. The molecule has 0 amide bonds. The fraction of sp³-hybridized carbons (Fsp3) is 0.200. The van der Waals surface area contributed by atoms with Crippen molar-refractivity contribution in [2.45, 2.75) is 13.1 Å². The predicted octanol–water partition coefficient (Wildman–Crippen LogP) is 4.22. The molecule has 0 spiro atoms.